The molecule has 0 spiro atoms. The minimum Gasteiger partial charge on any atom is -0.353 e. The summed E-state index contributed by atoms with van der Waals surface area (Å²) in [6, 6.07) is 8.68. The maximum Gasteiger partial charge on any atom is 0.224 e. The SMILES string of the molecule is Cn1c(CN2CCC[C@@H](C(=O)NC3CCCCC3)C2)nc2ccccc21. The molecular weight excluding hydrogens is 324 g/mol. The van der Waals surface area contributed by atoms with Crippen molar-refractivity contribution < 1.29 is 4.79 Å². The molecule has 1 N–H and O–H groups in total. The summed E-state index contributed by atoms with van der Waals surface area (Å²) in [6.45, 7) is 2.72. The van der Waals surface area contributed by atoms with E-state index in [0.717, 1.165) is 56.7 Å². The van der Waals surface area contributed by atoms with Gasteiger partial charge in [-0.25, -0.2) is 4.98 Å². The van der Waals surface area contributed by atoms with E-state index < -0.39 is 0 Å². The second-order valence-corrected chi connectivity index (χ2v) is 7.99. The Morgan fingerprint density at radius 2 is 1.96 bits per heavy atom. The summed E-state index contributed by atoms with van der Waals surface area (Å²) >= 11 is 0. The van der Waals surface area contributed by atoms with E-state index in [1.54, 1.807) is 0 Å². The number of nitrogens with zero attached hydrogens (tertiary/aromatic N) is 3. The molecule has 5 heteroatoms. The van der Waals surface area contributed by atoms with Crippen LogP contribution in [0, 0.1) is 5.92 Å². The molecule has 0 radical (unpaired) electrons. The van der Waals surface area contributed by atoms with Gasteiger partial charge in [0, 0.05) is 19.6 Å². The van der Waals surface area contributed by atoms with Crippen LogP contribution in [0.15, 0.2) is 24.3 Å². The number of benzene rings is 1. The van der Waals surface area contributed by atoms with Crippen molar-refractivity contribution in [2.24, 2.45) is 13.0 Å². The number of fused-ring (bicyclic) bond motifs is 1. The Labute approximate surface area is 155 Å². The fraction of sp³-hybridized carbons (Fsp3) is 0.619. The molecule has 1 amide bonds. The number of carbonyl (C=O) groups excluding carboxylic acids is 1. The molecule has 1 atom stereocenters. The van der Waals surface area contributed by atoms with Crippen LogP contribution >= 0.6 is 0 Å². The number of piperidine rings is 1. The number of aromatic nitrogens is 2. The largest absolute Gasteiger partial charge is 0.353 e. The van der Waals surface area contributed by atoms with Gasteiger partial charge in [0.25, 0.3) is 0 Å². The van der Waals surface area contributed by atoms with Crippen LogP contribution < -0.4 is 5.32 Å². The van der Waals surface area contributed by atoms with Crippen LogP contribution in [0.4, 0.5) is 0 Å². The summed E-state index contributed by atoms with van der Waals surface area (Å²) in [5.74, 6) is 1.48. The van der Waals surface area contributed by atoms with Crippen molar-refractivity contribution in [1.82, 2.24) is 19.8 Å². The zero-order valence-electron chi connectivity index (χ0n) is 15.8. The minimum absolute atomic E-state index is 0.125. The van der Waals surface area contributed by atoms with Crippen molar-refractivity contribution in [1.29, 1.82) is 0 Å². The molecule has 2 fully saturated rings. The Hall–Kier alpha value is -1.88. The molecule has 26 heavy (non-hydrogen) atoms. The molecule has 1 aliphatic carbocycles. The van der Waals surface area contributed by atoms with Crippen molar-refractivity contribution in [3.63, 3.8) is 0 Å². The summed E-state index contributed by atoms with van der Waals surface area (Å²) in [4.78, 5) is 19.9. The highest BCUT2D eigenvalue weighted by molar-refractivity contribution is 5.79. The maximum atomic E-state index is 12.7. The number of hydrogen-bond donors (Lipinski definition) is 1. The van der Waals surface area contributed by atoms with E-state index in [4.69, 9.17) is 4.98 Å². The number of para-hydroxylation sites is 2. The molecule has 1 saturated heterocycles. The molecule has 1 aromatic carbocycles. The number of carbonyl (C=O) groups is 1. The van der Waals surface area contributed by atoms with E-state index in [-0.39, 0.29) is 11.8 Å². The Bertz CT molecular complexity index is 762. The fourth-order valence-corrected chi connectivity index (χ4v) is 4.52. The number of rotatable bonds is 4. The smallest absolute Gasteiger partial charge is 0.224 e. The minimum atomic E-state index is 0.125. The van der Waals surface area contributed by atoms with E-state index in [1.165, 1.54) is 24.8 Å². The van der Waals surface area contributed by atoms with E-state index in [0.29, 0.717) is 6.04 Å². The average molecular weight is 354 g/mol. The molecule has 1 aliphatic heterocycles. The molecule has 0 unspecified atom stereocenters. The van der Waals surface area contributed by atoms with E-state index in [9.17, 15) is 4.79 Å². The first kappa shape index (κ1) is 17.5. The molecule has 5 nitrogen and oxygen atoms in total. The highest BCUT2D eigenvalue weighted by Crippen LogP contribution is 2.22. The van der Waals surface area contributed by atoms with Crippen molar-refractivity contribution in [3.05, 3.63) is 30.1 Å². The number of nitrogens with one attached hydrogen (secondary N) is 1. The molecule has 2 aromatic rings. The lowest BCUT2D eigenvalue weighted by molar-refractivity contribution is -0.127. The van der Waals surface area contributed by atoms with E-state index in [2.05, 4.69) is 40.0 Å². The summed E-state index contributed by atoms with van der Waals surface area (Å²) in [5, 5.41) is 3.32. The number of aryl methyl sites for hydroxylation is 1. The van der Waals surface area contributed by atoms with Crippen LogP contribution in [0.25, 0.3) is 11.0 Å². The Kier molecular flexibility index (Phi) is 5.25. The van der Waals surface area contributed by atoms with Crippen molar-refractivity contribution >= 4 is 16.9 Å². The second kappa shape index (κ2) is 7.78. The Morgan fingerprint density at radius 1 is 1.15 bits per heavy atom. The van der Waals surface area contributed by atoms with Gasteiger partial charge in [0.1, 0.15) is 5.82 Å². The summed E-state index contributed by atoms with van der Waals surface area (Å²) in [6.07, 6.45) is 8.25. The molecule has 4 rings (SSSR count). The first-order valence-electron chi connectivity index (χ1n) is 10.1. The molecule has 1 aromatic heterocycles. The van der Waals surface area contributed by atoms with Gasteiger partial charge in [-0.05, 0) is 44.4 Å². The monoisotopic (exact) mass is 354 g/mol. The number of amides is 1. The fourth-order valence-electron chi connectivity index (χ4n) is 4.52. The van der Waals surface area contributed by atoms with Gasteiger partial charge in [0.15, 0.2) is 0 Å². The highest BCUT2D eigenvalue weighted by Gasteiger charge is 2.28. The normalized spacial score (nSPS) is 22.6. The van der Waals surface area contributed by atoms with Crippen molar-refractivity contribution in [2.45, 2.75) is 57.5 Å². The first-order valence-corrected chi connectivity index (χ1v) is 10.1. The molecule has 0 bridgehead atoms. The van der Waals surface area contributed by atoms with Gasteiger partial charge in [0.05, 0.1) is 23.5 Å². The topological polar surface area (TPSA) is 50.2 Å². The predicted molar refractivity (Wildman–Crippen MR) is 104 cm³/mol. The first-order chi connectivity index (χ1) is 12.7. The quantitative estimate of drug-likeness (QED) is 0.917. The number of likely N-dealkylation sites (tertiary alicyclic amines) is 1. The van der Waals surface area contributed by atoms with Gasteiger partial charge in [-0.2, -0.15) is 0 Å². The Balaban J connectivity index is 1.38. The van der Waals surface area contributed by atoms with Gasteiger partial charge in [-0.3, -0.25) is 9.69 Å². The van der Waals surface area contributed by atoms with Crippen LogP contribution in [0.1, 0.15) is 50.8 Å². The summed E-state index contributed by atoms with van der Waals surface area (Å²) < 4.78 is 2.18. The lowest BCUT2D eigenvalue weighted by Crippen LogP contribution is -2.46. The third-order valence-corrected chi connectivity index (χ3v) is 6.07. The van der Waals surface area contributed by atoms with E-state index >= 15 is 0 Å². The van der Waals surface area contributed by atoms with Gasteiger partial charge >= 0.3 is 0 Å². The zero-order valence-corrected chi connectivity index (χ0v) is 15.8. The Morgan fingerprint density at radius 3 is 2.77 bits per heavy atom. The van der Waals surface area contributed by atoms with Crippen LogP contribution in [-0.4, -0.2) is 39.5 Å². The average Bonchev–Trinajstić information content (AvgIpc) is 2.99. The van der Waals surface area contributed by atoms with Crippen LogP contribution in [-0.2, 0) is 18.4 Å². The van der Waals surface area contributed by atoms with Crippen LogP contribution in [0.5, 0.6) is 0 Å². The number of hydrogen-bond acceptors (Lipinski definition) is 3. The standard InChI is InChI=1S/C21H30N4O/c1-24-19-12-6-5-11-18(19)23-20(24)15-25-13-7-8-16(14-25)21(26)22-17-9-3-2-4-10-17/h5-6,11-12,16-17H,2-4,7-10,13-15H2,1H3,(H,22,26)/t16-/m1/s1. The second-order valence-electron chi connectivity index (χ2n) is 7.99. The van der Waals surface area contributed by atoms with Gasteiger partial charge < -0.3 is 9.88 Å². The molecule has 1 saturated carbocycles. The molecule has 140 valence electrons. The van der Waals surface area contributed by atoms with Gasteiger partial charge in [0.2, 0.25) is 5.91 Å². The lowest BCUT2D eigenvalue weighted by atomic mass is 9.93. The predicted octanol–water partition coefficient (Wildman–Crippen LogP) is 3.23. The molecule has 2 aliphatic rings. The highest BCUT2D eigenvalue weighted by atomic mass is 16.2. The van der Waals surface area contributed by atoms with Gasteiger partial charge in [-0.15, -0.1) is 0 Å². The van der Waals surface area contributed by atoms with Crippen molar-refractivity contribution in [3.8, 4) is 0 Å². The summed E-state index contributed by atoms with van der Waals surface area (Å²) in [5.41, 5.74) is 2.22. The van der Waals surface area contributed by atoms with Gasteiger partial charge in [-0.1, -0.05) is 31.4 Å². The maximum absolute atomic E-state index is 12.7. The van der Waals surface area contributed by atoms with Crippen LogP contribution in [0.3, 0.4) is 0 Å². The van der Waals surface area contributed by atoms with Crippen LogP contribution in [0.2, 0.25) is 0 Å². The zero-order chi connectivity index (χ0) is 17.9. The van der Waals surface area contributed by atoms with E-state index in [1.807, 2.05) is 6.07 Å². The molecule has 2 heterocycles. The third kappa shape index (κ3) is 3.78. The van der Waals surface area contributed by atoms with Crippen molar-refractivity contribution in [2.75, 3.05) is 13.1 Å². The number of imidazole rings is 1. The third-order valence-electron chi connectivity index (χ3n) is 6.07. The lowest BCUT2D eigenvalue weighted by Gasteiger charge is -2.33. The summed E-state index contributed by atoms with van der Waals surface area (Å²) in [7, 11) is 2.09. The molecular formula is C21H30N4O.